The summed E-state index contributed by atoms with van der Waals surface area (Å²) in [6.45, 7) is 4.80. The summed E-state index contributed by atoms with van der Waals surface area (Å²) >= 11 is 9.05. The number of carbonyl (C=O) groups is 1. The van der Waals surface area contributed by atoms with E-state index < -0.39 is 10.0 Å². The molecule has 2 fully saturated rings. The van der Waals surface area contributed by atoms with Gasteiger partial charge >= 0.3 is 0 Å². The van der Waals surface area contributed by atoms with Crippen LogP contribution in [0.2, 0.25) is 5.02 Å². The molecule has 3 aromatic rings. The van der Waals surface area contributed by atoms with E-state index in [0.717, 1.165) is 17.8 Å². The first-order valence-corrected chi connectivity index (χ1v) is 15.7. The van der Waals surface area contributed by atoms with Crippen molar-refractivity contribution in [1.82, 2.24) is 14.2 Å². The Morgan fingerprint density at radius 3 is 2.65 bits per heavy atom. The largest absolute Gasteiger partial charge is 0.494 e. The highest BCUT2D eigenvalue weighted by Gasteiger charge is 2.35. The molecule has 2 aromatic heterocycles. The fourth-order valence-corrected chi connectivity index (χ4v) is 8.59. The quantitative estimate of drug-likeness (QED) is 0.398. The van der Waals surface area contributed by atoms with Gasteiger partial charge in [-0.3, -0.25) is 14.6 Å². The number of nitrogens with zero attached hydrogens (tertiary/aromatic N) is 4. The van der Waals surface area contributed by atoms with Gasteiger partial charge in [0.2, 0.25) is 5.91 Å². The van der Waals surface area contributed by atoms with Crippen LogP contribution in [0.1, 0.15) is 12.8 Å². The molecule has 0 bridgehead atoms. The first kappa shape index (κ1) is 26.8. The summed E-state index contributed by atoms with van der Waals surface area (Å²) < 4.78 is 39.4. The zero-order chi connectivity index (χ0) is 26.0. The first-order chi connectivity index (χ1) is 17.9. The second-order valence-corrected chi connectivity index (χ2v) is 13.5. The molecule has 5 rings (SSSR count). The topological polar surface area (TPSA) is 92.3 Å². The van der Waals surface area contributed by atoms with Gasteiger partial charge in [-0.25, -0.2) is 13.4 Å². The van der Waals surface area contributed by atoms with E-state index in [4.69, 9.17) is 26.1 Å². The van der Waals surface area contributed by atoms with E-state index in [-0.39, 0.29) is 11.8 Å². The number of benzene rings is 1. The number of rotatable bonds is 8. The van der Waals surface area contributed by atoms with Gasteiger partial charge in [-0.15, -0.1) is 11.3 Å². The van der Waals surface area contributed by atoms with Crippen LogP contribution in [0, 0.1) is 5.92 Å². The van der Waals surface area contributed by atoms with Crippen LogP contribution in [0.3, 0.4) is 0 Å². The molecule has 2 aliphatic heterocycles. The van der Waals surface area contributed by atoms with Gasteiger partial charge in [0.25, 0.3) is 10.0 Å². The van der Waals surface area contributed by atoms with Gasteiger partial charge in [0.1, 0.15) is 15.5 Å². The van der Waals surface area contributed by atoms with Crippen molar-refractivity contribution in [3.05, 3.63) is 34.7 Å². The second kappa shape index (κ2) is 11.5. The molecule has 0 spiro atoms. The van der Waals surface area contributed by atoms with E-state index in [2.05, 4.69) is 4.90 Å². The minimum Gasteiger partial charge on any atom is -0.494 e. The Morgan fingerprint density at radius 1 is 1.22 bits per heavy atom. The normalized spacial score (nSPS) is 18.3. The SMILES string of the molecule is COc1ccc(Cl)c2sc(N(CCN3CCOCC3)C(=O)C3CCN(S(=O)(=O)c4cccs4)CC3)nc12. The lowest BCUT2D eigenvalue weighted by atomic mass is 9.96. The lowest BCUT2D eigenvalue weighted by molar-refractivity contribution is -0.123. The number of hydrogen-bond donors (Lipinski definition) is 0. The van der Waals surface area contributed by atoms with E-state index in [1.54, 1.807) is 41.7 Å². The number of fused-ring (bicyclic) bond motifs is 1. The maximum atomic E-state index is 13.9. The highest BCUT2D eigenvalue weighted by molar-refractivity contribution is 7.91. The number of ether oxygens (including phenoxy) is 2. The number of carbonyl (C=O) groups excluding carboxylic acids is 1. The Kier molecular flexibility index (Phi) is 8.34. The summed E-state index contributed by atoms with van der Waals surface area (Å²) in [4.78, 5) is 22.7. The Labute approximate surface area is 229 Å². The molecule has 4 heterocycles. The van der Waals surface area contributed by atoms with Gasteiger partial charge in [0.15, 0.2) is 5.13 Å². The third kappa shape index (κ3) is 5.65. The molecule has 13 heteroatoms. The number of amides is 1. The number of anilines is 1. The van der Waals surface area contributed by atoms with Crippen molar-refractivity contribution in [3.63, 3.8) is 0 Å². The molecule has 0 aliphatic carbocycles. The summed E-state index contributed by atoms with van der Waals surface area (Å²) in [5.41, 5.74) is 0.635. The molecular weight excluding hydrogens is 556 g/mol. The van der Waals surface area contributed by atoms with Crippen molar-refractivity contribution < 1.29 is 22.7 Å². The van der Waals surface area contributed by atoms with Crippen LogP contribution in [0.25, 0.3) is 10.2 Å². The minimum atomic E-state index is -3.53. The predicted molar refractivity (Wildman–Crippen MR) is 147 cm³/mol. The van der Waals surface area contributed by atoms with Crippen molar-refractivity contribution in [1.29, 1.82) is 0 Å². The molecule has 0 radical (unpaired) electrons. The molecule has 0 atom stereocenters. The van der Waals surface area contributed by atoms with Crippen molar-refractivity contribution in [3.8, 4) is 5.75 Å². The lowest BCUT2D eigenvalue weighted by Crippen LogP contribution is -2.47. The van der Waals surface area contributed by atoms with Crippen LogP contribution >= 0.6 is 34.3 Å². The van der Waals surface area contributed by atoms with Gasteiger partial charge < -0.3 is 9.47 Å². The number of halogens is 1. The smallest absolute Gasteiger partial charge is 0.252 e. The maximum Gasteiger partial charge on any atom is 0.252 e. The van der Waals surface area contributed by atoms with Crippen LogP contribution in [0.15, 0.2) is 33.9 Å². The molecule has 0 saturated carbocycles. The van der Waals surface area contributed by atoms with Crippen molar-refractivity contribution in [2.24, 2.45) is 5.92 Å². The van der Waals surface area contributed by atoms with Crippen molar-refractivity contribution >= 4 is 65.6 Å². The second-order valence-electron chi connectivity index (χ2n) is 8.98. The monoisotopic (exact) mass is 584 g/mol. The van der Waals surface area contributed by atoms with E-state index in [0.29, 0.717) is 77.9 Å². The molecule has 1 amide bonds. The fourth-order valence-electron chi connectivity index (χ4n) is 4.69. The Hall–Kier alpha value is -1.80. The van der Waals surface area contributed by atoms with E-state index in [1.807, 2.05) is 0 Å². The van der Waals surface area contributed by atoms with Crippen LogP contribution in [0.4, 0.5) is 5.13 Å². The molecule has 2 saturated heterocycles. The van der Waals surface area contributed by atoms with Crippen LogP contribution in [-0.4, -0.2) is 88.1 Å². The van der Waals surface area contributed by atoms with Crippen LogP contribution < -0.4 is 9.64 Å². The molecule has 200 valence electrons. The summed E-state index contributed by atoms with van der Waals surface area (Å²) in [6.07, 6.45) is 0.929. The van der Waals surface area contributed by atoms with Crippen LogP contribution in [0.5, 0.6) is 5.75 Å². The zero-order valence-electron chi connectivity index (χ0n) is 20.5. The maximum absolute atomic E-state index is 13.9. The molecule has 0 unspecified atom stereocenters. The number of hydrogen-bond acceptors (Lipinski definition) is 9. The summed E-state index contributed by atoms with van der Waals surface area (Å²) in [5.74, 6) is 0.286. The third-order valence-electron chi connectivity index (χ3n) is 6.80. The van der Waals surface area contributed by atoms with E-state index in [9.17, 15) is 13.2 Å². The standard InChI is InChI=1S/C24H29ClN4O5S3/c1-33-19-5-4-18(25)22-21(19)26-24(36-22)29(11-10-27-12-14-34-15-13-27)23(30)17-6-8-28(9-7-17)37(31,32)20-3-2-16-35-20/h2-5,16-17H,6-15H2,1H3. The average molecular weight is 585 g/mol. The summed E-state index contributed by atoms with van der Waals surface area (Å²) in [6, 6.07) is 6.91. The number of morpholine rings is 1. The lowest BCUT2D eigenvalue weighted by Gasteiger charge is -2.34. The van der Waals surface area contributed by atoms with Gasteiger partial charge in [-0.1, -0.05) is 29.0 Å². The minimum absolute atomic E-state index is 0.0319. The van der Waals surface area contributed by atoms with Crippen LogP contribution in [-0.2, 0) is 19.6 Å². The average Bonchev–Trinajstić information content (AvgIpc) is 3.62. The Morgan fingerprint density at radius 2 is 1.97 bits per heavy atom. The van der Waals surface area contributed by atoms with Crippen molar-refractivity contribution in [2.75, 3.05) is 64.5 Å². The molecule has 2 aliphatic rings. The molecule has 0 N–H and O–H groups in total. The van der Waals surface area contributed by atoms with Gasteiger partial charge in [0, 0.05) is 45.2 Å². The molecule has 9 nitrogen and oxygen atoms in total. The summed E-state index contributed by atoms with van der Waals surface area (Å²) in [5, 5.41) is 2.90. The van der Waals surface area contributed by atoms with Gasteiger partial charge in [-0.05, 0) is 36.4 Å². The molecular formula is C24H29ClN4O5S3. The number of aromatic nitrogens is 1. The number of thiophene rings is 1. The highest BCUT2D eigenvalue weighted by atomic mass is 35.5. The van der Waals surface area contributed by atoms with E-state index in [1.165, 1.54) is 27.0 Å². The number of piperidine rings is 1. The van der Waals surface area contributed by atoms with E-state index >= 15 is 0 Å². The zero-order valence-corrected chi connectivity index (χ0v) is 23.7. The Balaban J connectivity index is 1.36. The molecule has 1 aromatic carbocycles. The number of methoxy groups -OCH3 is 1. The number of sulfonamides is 1. The Bertz CT molecular complexity index is 1330. The first-order valence-electron chi connectivity index (χ1n) is 12.2. The highest BCUT2D eigenvalue weighted by Crippen LogP contribution is 2.39. The predicted octanol–water partition coefficient (Wildman–Crippen LogP) is 3.79. The van der Waals surface area contributed by atoms with Crippen molar-refractivity contribution in [2.45, 2.75) is 17.1 Å². The van der Waals surface area contributed by atoms with Gasteiger partial charge in [0.05, 0.1) is 30.0 Å². The molecule has 37 heavy (non-hydrogen) atoms. The summed E-state index contributed by atoms with van der Waals surface area (Å²) in [7, 11) is -1.94. The number of thiazole rings is 1. The third-order valence-corrected chi connectivity index (χ3v) is 11.6. The fraction of sp³-hybridized carbons (Fsp3) is 0.500. The van der Waals surface area contributed by atoms with Gasteiger partial charge in [-0.2, -0.15) is 4.31 Å².